The van der Waals surface area contributed by atoms with Crippen molar-refractivity contribution in [2.45, 2.75) is 20.4 Å². The van der Waals surface area contributed by atoms with Crippen LogP contribution in [0.4, 0.5) is 5.69 Å². The fraction of sp³-hybridized carbons (Fsp3) is 0.444. The molecule has 1 aromatic carbocycles. The van der Waals surface area contributed by atoms with Crippen LogP contribution in [0.15, 0.2) is 24.4 Å². The Kier molecular flexibility index (Phi) is 5.03. The van der Waals surface area contributed by atoms with Crippen molar-refractivity contribution in [1.82, 2.24) is 19.6 Å². The van der Waals surface area contributed by atoms with Gasteiger partial charge in [-0.15, -0.1) is 0 Å². The van der Waals surface area contributed by atoms with Gasteiger partial charge in [0.15, 0.2) is 0 Å². The number of aryl methyl sites for hydroxylation is 3. The summed E-state index contributed by atoms with van der Waals surface area (Å²) in [5, 5.41) is 15.3. The molecule has 1 amide bonds. The lowest BCUT2D eigenvalue weighted by Crippen LogP contribution is -2.48. The molecule has 1 aromatic heterocycles. The second-order valence-electron chi connectivity index (χ2n) is 6.74. The van der Waals surface area contributed by atoms with Gasteiger partial charge in [0.1, 0.15) is 0 Å². The quantitative estimate of drug-likeness (QED) is 0.616. The number of hydrogen-bond acceptors (Lipinski definition) is 5. The van der Waals surface area contributed by atoms with Crippen LogP contribution in [0.3, 0.4) is 0 Å². The van der Waals surface area contributed by atoms with Gasteiger partial charge in [0.05, 0.1) is 10.6 Å². The molecule has 2 aromatic rings. The summed E-state index contributed by atoms with van der Waals surface area (Å²) < 4.78 is 1.82. The summed E-state index contributed by atoms with van der Waals surface area (Å²) in [4.78, 5) is 27.3. The van der Waals surface area contributed by atoms with E-state index in [0.29, 0.717) is 24.2 Å². The molecule has 0 aliphatic carbocycles. The minimum atomic E-state index is -0.428. The molecule has 3 rings (SSSR count). The van der Waals surface area contributed by atoms with Crippen LogP contribution in [0.25, 0.3) is 0 Å². The fourth-order valence-electron chi connectivity index (χ4n) is 3.33. The lowest BCUT2D eigenvalue weighted by atomic mass is 10.1. The van der Waals surface area contributed by atoms with E-state index < -0.39 is 4.92 Å². The molecule has 1 saturated heterocycles. The third kappa shape index (κ3) is 3.75. The summed E-state index contributed by atoms with van der Waals surface area (Å²) >= 11 is 0. The van der Waals surface area contributed by atoms with Crippen molar-refractivity contribution >= 4 is 11.6 Å². The SMILES string of the molecule is Cc1cc(C(=O)N2CCN(Cc3cn(C)nc3C)CC2)ccc1[N+](=O)[O-]. The molecule has 0 N–H and O–H groups in total. The first kappa shape index (κ1) is 18.1. The smallest absolute Gasteiger partial charge is 0.272 e. The summed E-state index contributed by atoms with van der Waals surface area (Å²) in [5.41, 5.74) is 3.29. The van der Waals surface area contributed by atoms with Crippen LogP contribution in [0.2, 0.25) is 0 Å². The first-order chi connectivity index (χ1) is 12.3. The van der Waals surface area contributed by atoms with E-state index in [2.05, 4.69) is 10.00 Å². The van der Waals surface area contributed by atoms with Crippen molar-refractivity contribution in [3.05, 3.63) is 56.9 Å². The van der Waals surface area contributed by atoms with Crippen LogP contribution >= 0.6 is 0 Å². The first-order valence-electron chi connectivity index (χ1n) is 8.61. The normalized spacial score (nSPS) is 15.3. The van der Waals surface area contributed by atoms with Gasteiger partial charge in [-0.3, -0.25) is 24.5 Å². The fourth-order valence-corrected chi connectivity index (χ4v) is 3.33. The summed E-state index contributed by atoms with van der Waals surface area (Å²) in [6, 6.07) is 4.55. The lowest BCUT2D eigenvalue weighted by Gasteiger charge is -2.34. The Balaban J connectivity index is 1.61. The van der Waals surface area contributed by atoms with Crippen molar-refractivity contribution < 1.29 is 9.72 Å². The molecular formula is C18H23N5O3. The van der Waals surface area contributed by atoms with Crippen molar-refractivity contribution in [3.63, 3.8) is 0 Å². The molecule has 8 nitrogen and oxygen atoms in total. The van der Waals surface area contributed by atoms with Crippen molar-refractivity contribution in [2.75, 3.05) is 26.2 Å². The second kappa shape index (κ2) is 7.25. The molecule has 0 atom stereocenters. The van der Waals surface area contributed by atoms with Gasteiger partial charge in [0, 0.05) is 68.7 Å². The number of carbonyl (C=O) groups is 1. The van der Waals surface area contributed by atoms with E-state index in [9.17, 15) is 14.9 Å². The number of benzene rings is 1. The van der Waals surface area contributed by atoms with E-state index in [0.717, 1.165) is 25.3 Å². The lowest BCUT2D eigenvalue weighted by molar-refractivity contribution is -0.385. The van der Waals surface area contributed by atoms with E-state index in [-0.39, 0.29) is 11.6 Å². The highest BCUT2D eigenvalue weighted by Gasteiger charge is 2.24. The van der Waals surface area contributed by atoms with Gasteiger partial charge in [-0.25, -0.2) is 0 Å². The van der Waals surface area contributed by atoms with Gasteiger partial charge in [0.25, 0.3) is 11.6 Å². The van der Waals surface area contributed by atoms with Crippen LogP contribution in [0.5, 0.6) is 0 Å². The number of aromatic nitrogens is 2. The monoisotopic (exact) mass is 357 g/mol. The number of rotatable bonds is 4. The van der Waals surface area contributed by atoms with E-state index in [1.54, 1.807) is 19.1 Å². The number of amides is 1. The van der Waals surface area contributed by atoms with Crippen molar-refractivity contribution in [1.29, 1.82) is 0 Å². The van der Waals surface area contributed by atoms with Crippen molar-refractivity contribution in [3.8, 4) is 0 Å². The average molecular weight is 357 g/mol. The predicted octanol–water partition coefficient (Wildman–Crippen LogP) is 1.90. The highest BCUT2D eigenvalue weighted by Crippen LogP contribution is 2.20. The summed E-state index contributed by atoms with van der Waals surface area (Å²) in [5.74, 6) is -0.0693. The number of hydrogen-bond donors (Lipinski definition) is 0. The molecule has 1 aliphatic heterocycles. The third-order valence-corrected chi connectivity index (χ3v) is 4.81. The molecule has 2 heterocycles. The molecule has 0 saturated carbocycles. The molecule has 0 radical (unpaired) electrons. The topological polar surface area (TPSA) is 84.5 Å². The van der Waals surface area contributed by atoms with Crippen LogP contribution in [-0.4, -0.2) is 56.6 Å². The minimum Gasteiger partial charge on any atom is -0.336 e. The number of nitro groups is 1. The highest BCUT2D eigenvalue weighted by atomic mass is 16.6. The molecule has 138 valence electrons. The maximum Gasteiger partial charge on any atom is 0.272 e. The Labute approximate surface area is 152 Å². The molecule has 0 spiro atoms. The van der Waals surface area contributed by atoms with Crippen LogP contribution in [0, 0.1) is 24.0 Å². The molecular weight excluding hydrogens is 334 g/mol. The van der Waals surface area contributed by atoms with Crippen LogP contribution in [-0.2, 0) is 13.6 Å². The number of nitro benzene ring substituents is 1. The molecule has 0 bridgehead atoms. The first-order valence-corrected chi connectivity index (χ1v) is 8.61. The van der Waals surface area contributed by atoms with Gasteiger partial charge in [0.2, 0.25) is 0 Å². The zero-order chi connectivity index (χ0) is 18.8. The zero-order valence-electron chi connectivity index (χ0n) is 15.3. The maximum absolute atomic E-state index is 12.7. The zero-order valence-corrected chi connectivity index (χ0v) is 15.3. The average Bonchev–Trinajstić information content (AvgIpc) is 2.91. The number of piperazine rings is 1. The van der Waals surface area contributed by atoms with Gasteiger partial charge < -0.3 is 4.90 Å². The number of carbonyl (C=O) groups excluding carboxylic acids is 1. The summed E-state index contributed by atoms with van der Waals surface area (Å²) in [6.45, 7) is 7.38. The summed E-state index contributed by atoms with van der Waals surface area (Å²) in [6.07, 6.45) is 2.03. The Hall–Kier alpha value is -2.74. The Morgan fingerprint density at radius 2 is 1.92 bits per heavy atom. The predicted molar refractivity (Wildman–Crippen MR) is 97.0 cm³/mol. The van der Waals surface area contributed by atoms with E-state index >= 15 is 0 Å². The minimum absolute atomic E-state index is 0.0400. The third-order valence-electron chi connectivity index (χ3n) is 4.81. The van der Waals surface area contributed by atoms with Gasteiger partial charge in [-0.05, 0) is 26.0 Å². The van der Waals surface area contributed by atoms with Crippen molar-refractivity contribution in [2.24, 2.45) is 7.05 Å². The molecule has 8 heteroatoms. The van der Waals surface area contributed by atoms with E-state index in [1.165, 1.54) is 11.6 Å². The summed E-state index contributed by atoms with van der Waals surface area (Å²) in [7, 11) is 1.92. The molecule has 0 unspecified atom stereocenters. The van der Waals surface area contributed by atoms with Crippen LogP contribution in [0.1, 0.15) is 27.2 Å². The maximum atomic E-state index is 12.7. The largest absolute Gasteiger partial charge is 0.336 e. The second-order valence-corrected chi connectivity index (χ2v) is 6.74. The van der Waals surface area contributed by atoms with Gasteiger partial charge in [-0.2, -0.15) is 5.10 Å². The van der Waals surface area contributed by atoms with Crippen LogP contribution < -0.4 is 0 Å². The molecule has 1 aliphatic rings. The Morgan fingerprint density at radius 3 is 2.46 bits per heavy atom. The molecule has 26 heavy (non-hydrogen) atoms. The number of nitrogens with zero attached hydrogens (tertiary/aromatic N) is 5. The highest BCUT2D eigenvalue weighted by molar-refractivity contribution is 5.94. The van der Waals surface area contributed by atoms with Gasteiger partial charge >= 0.3 is 0 Å². The molecule has 1 fully saturated rings. The van der Waals surface area contributed by atoms with Gasteiger partial charge in [-0.1, -0.05) is 0 Å². The Bertz CT molecular complexity index is 837. The van der Waals surface area contributed by atoms with E-state index in [1.807, 2.05) is 29.7 Å². The standard InChI is InChI=1S/C18H23N5O3/c1-13-10-15(4-5-17(13)23(25)26)18(24)22-8-6-21(7-9-22)12-16-11-20(3)19-14(16)2/h4-5,10-11H,6-9,12H2,1-3H3. The Morgan fingerprint density at radius 1 is 1.23 bits per heavy atom. The van der Waals surface area contributed by atoms with E-state index in [4.69, 9.17) is 0 Å².